The number of fused-ring (bicyclic) bond motifs is 1. The van der Waals surface area contributed by atoms with Gasteiger partial charge in [-0.15, -0.1) is 11.3 Å². The summed E-state index contributed by atoms with van der Waals surface area (Å²) < 4.78 is 14.1. The maximum atomic E-state index is 13.2. The average molecular weight is 334 g/mol. The van der Waals surface area contributed by atoms with Crippen molar-refractivity contribution in [2.45, 2.75) is 6.54 Å². The quantitative estimate of drug-likeness (QED) is 0.663. The summed E-state index contributed by atoms with van der Waals surface area (Å²) in [6, 6.07) is 13.7. The fraction of sp³-hybridized carbons (Fsp3) is 0.118. The molecule has 0 atom stereocenters. The third-order valence-electron chi connectivity index (χ3n) is 3.40. The number of hydrogen-bond acceptors (Lipinski definition) is 2. The smallest absolute Gasteiger partial charge is 0.264 e. The largest absolute Gasteiger partial charge is 0.337 e. The first-order valence-electron chi connectivity index (χ1n) is 6.72. The molecule has 2 aromatic carbocycles. The van der Waals surface area contributed by atoms with Crippen LogP contribution in [0.2, 0.25) is 5.02 Å². The minimum Gasteiger partial charge on any atom is -0.337 e. The lowest BCUT2D eigenvalue weighted by molar-refractivity contribution is 0.0790. The lowest BCUT2D eigenvalue weighted by atomic mass is 10.2. The molecule has 0 aliphatic rings. The third-order valence-corrected chi connectivity index (χ3v) is 4.87. The molecule has 0 saturated heterocycles. The Morgan fingerprint density at radius 2 is 2.00 bits per heavy atom. The number of thiophene rings is 1. The Labute approximate surface area is 136 Å². The van der Waals surface area contributed by atoms with Crippen LogP contribution < -0.4 is 0 Å². The van der Waals surface area contributed by atoms with Gasteiger partial charge in [-0.25, -0.2) is 4.39 Å². The van der Waals surface area contributed by atoms with E-state index in [2.05, 4.69) is 0 Å². The van der Waals surface area contributed by atoms with E-state index < -0.39 is 0 Å². The highest BCUT2D eigenvalue weighted by Crippen LogP contribution is 2.27. The number of halogens is 2. The van der Waals surface area contributed by atoms with Crippen molar-refractivity contribution in [3.63, 3.8) is 0 Å². The van der Waals surface area contributed by atoms with Crippen molar-refractivity contribution in [2.75, 3.05) is 7.05 Å². The molecule has 0 aliphatic heterocycles. The number of nitrogens with zero attached hydrogens (tertiary/aromatic N) is 1. The molecule has 1 amide bonds. The molecule has 2 nitrogen and oxygen atoms in total. The maximum absolute atomic E-state index is 13.2. The Morgan fingerprint density at radius 3 is 2.77 bits per heavy atom. The van der Waals surface area contributed by atoms with E-state index in [0.717, 1.165) is 15.6 Å². The fourth-order valence-electron chi connectivity index (χ4n) is 2.26. The minimum absolute atomic E-state index is 0.0958. The van der Waals surface area contributed by atoms with Crippen molar-refractivity contribution in [3.05, 3.63) is 69.8 Å². The van der Waals surface area contributed by atoms with Crippen molar-refractivity contribution >= 4 is 38.9 Å². The van der Waals surface area contributed by atoms with E-state index in [9.17, 15) is 9.18 Å². The van der Waals surface area contributed by atoms with Gasteiger partial charge in [-0.3, -0.25) is 4.79 Å². The van der Waals surface area contributed by atoms with E-state index in [4.69, 9.17) is 11.6 Å². The number of amides is 1. The van der Waals surface area contributed by atoms with Crippen LogP contribution in [0.5, 0.6) is 0 Å². The molecular formula is C17H13ClFNOS. The molecule has 1 heterocycles. The summed E-state index contributed by atoms with van der Waals surface area (Å²) in [5.74, 6) is -0.393. The van der Waals surface area contributed by atoms with Crippen LogP contribution in [-0.4, -0.2) is 17.9 Å². The second kappa shape index (κ2) is 6.07. The Hall–Kier alpha value is -1.91. The summed E-state index contributed by atoms with van der Waals surface area (Å²) in [6.07, 6.45) is 0. The Kier molecular flexibility index (Phi) is 4.14. The molecule has 22 heavy (non-hydrogen) atoms. The molecule has 3 aromatic rings. The van der Waals surface area contributed by atoms with Gasteiger partial charge in [-0.2, -0.15) is 0 Å². The van der Waals surface area contributed by atoms with E-state index in [0.29, 0.717) is 16.4 Å². The number of carbonyl (C=O) groups is 1. The van der Waals surface area contributed by atoms with Gasteiger partial charge in [0.05, 0.1) is 4.88 Å². The van der Waals surface area contributed by atoms with Crippen LogP contribution in [0.15, 0.2) is 48.5 Å². The molecule has 0 saturated carbocycles. The second-order valence-corrected chi connectivity index (χ2v) is 6.54. The number of hydrogen-bond donors (Lipinski definition) is 0. The highest BCUT2D eigenvalue weighted by molar-refractivity contribution is 7.20. The lowest BCUT2D eigenvalue weighted by Gasteiger charge is -2.17. The van der Waals surface area contributed by atoms with Gasteiger partial charge in [0.1, 0.15) is 5.82 Å². The van der Waals surface area contributed by atoms with E-state index >= 15 is 0 Å². The van der Waals surface area contributed by atoms with Gasteiger partial charge in [-0.1, -0.05) is 29.8 Å². The predicted octanol–water partition coefficient (Wildman–Crippen LogP) is 4.97. The topological polar surface area (TPSA) is 20.3 Å². The monoisotopic (exact) mass is 333 g/mol. The minimum atomic E-state index is -0.297. The zero-order valence-corrected chi connectivity index (χ0v) is 13.4. The molecule has 1 aromatic heterocycles. The summed E-state index contributed by atoms with van der Waals surface area (Å²) in [5, 5.41) is 1.39. The molecule has 0 fully saturated rings. The molecule has 0 N–H and O–H groups in total. The predicted molar refractivity (Wildman–Crippen MR) is 89.0 cm³/mol. The molecule has 0 spiro atoms. The summed E-state index contributed by atoms with van der Waals surface area (Å²) in [4.78, 5) is 14.7. The number of carbonyl (C=O) groups excluding carboxylic acids is 1. The summed E-state index contributed by atoms with van der Waals surface area (Å²) >= 11 is 7.49. The lowest BCUT2D eigenvalue weighted by Crippen LogP contribution is -2.25. The standard InChI is InChI=1S/C17H13ClFNOS/c1-20(10-11-4-2-3-5-14(11)18)17(21)16-9-12-8-13(19)6-7-15(12)22-16/h2-9H,10H2,1H3. The van der Waals surface area contributed by atoms with E-state index in [1.807, 2.05) is 18.2 Å². The second-order valence-electron chi connectivity index (χ2n) is 5.05. The first-order chi connectivity index (χ1) is 10.5. The first-order valence-corrected chi connectivity index (χ1v) is 7.92. The van der Waals surface area contributed by atoms with Gasteiger partial charge in [0.25, 0.3) is 5.91 Å². The highest BCUT2D eigenvalue weighted by atomic mass is 35.5. The summed E-state index contributed by atoms with van der Waals surface area (Å²) in [7, 11) is 1.73. The van der Waals surface area contributed by atoms with Crippen LogP contribution in [0.4, 0.5) is 4.39 Å². The van der Waals surface area contributed by atoms with Gasteiger partial charge in [-0.05, 0) is 41.3 Å². The molecule has 0 bridgehead atoms. The third kappa shape index (κ3) is 2.98. The van der Waals surface area contributed by atoms with Gasteiger partial charge in [0, 0.05) is 23.3 Å². The number of rotatable bonds is 3. The molecule has 112 valence electrons. The van der Waals surface area contributed by atoms with Gasteiger partial charge >= 0.3 is 0 Å². The van der Waals surface area contributed by atoms with Crippen LogP contribution in [0, 0.1) is 5.82 Å². The van der Waals surface area contributed by atoms with Crippen molar-refractivity contribution in [1.29, 1.82) is 0 Å². The normalized spacial score (nSPS) is 10.9. The molecular weight excluding hydrogens is 321 g/mol. The van der Waals surface area contributed by atoms with Crippen LogP contribution in [0.25, 0.3) is 10.1 Å². The molecule has 3 rings (SSSR count). The van der Waals surface area contributed by atoms with E-state index in [1.54, 1.807) is 30.1 Å². The van der Waals surface area contributed by atoms with Crippen molar-refractivity contribution < 1.29 is 9.18 Å². The van der Waals surface area contributed by atoms with Gasteiger partial charge < -0.3 is 4.90 Å². The van der Waals surface area contributed by atoms with Gasteiger partial charge in [0.15, 0.2) is 0 Å². The first kappa shape index (κ1) is 15.0. The highest BCUT2D eigenvalue weighted by Gasteiger charge is 2.16. The summed E-state index contributed by atoms with van der Waals surface area (Å²) in [5.41, 5.74) is 0.896. The van der Waals surface area contributed by atoms with Crippen LogP contribution in [0.3, 0.4) is 0 Å². The Bertz CT molecular complexity index is 846. The van der Waals surface area contributed by atoms with Gasteiger partial charge in [0.2, 0.25) is 0 Å². The van der Waals surface area contributed by atoms with Crippen LogP contribution in [-0.2, 0) is 6.54 Å². The SMILES string of the molecule is CN(Cc1ccccc1Cl)C(=O)c1cc2cc(F)ccc2s1. The average Bonchev–Trinajstić information content (AvgIpc) is 2.91. The van der Waals surface area contributed by atoms with Crippen LogP contribution in [0.1, 0.15) is 15.2 Å². The Morgan fingerprint density at radius 1 is 1.23 bits per heavy atom. The fourth-order valence-corrected chi connectivity index (χ4v) is 3.49. The van der Waals surface area contributed by atoms with Crippen molar-refractivity contribution in [3.8, 4) is 0 Å². The summed E-state index contributed by atoms with van der Waals surface area (Å²) in [6.45, 7) is 0.432. The molecule has 5 heteroatoms. The zero-order valence-electron chi connectivity index (χ0n) is 11.8. The van der Waals surface area contributed by atoms with Crippen molar-refractivity contribution in [2.24, 2.45) is 0 Å². The van der Waals surface area contributed by atoms with Crippen molar-refractivity contribution in [1.82, 2.24) is 4.90 Å². The Balaban J connectivity index is 1.84. The zero-order chi connectivity index (χ0) is 15.7. The number of benzene rings is 2. The van der Waals surface area contributed by atoms with E-state index in [-0.39, 0.29) is 11.7 Å². The molecule has 0 unspecified atom stereocenters. The maximum Gasteiger partial charge on any atom is 0.264 e. The molecule has 0 radical (unpaired) electrons. The van der Waals surface area contributed by atoms with Crippen LogP contribution >= 0.6 is 22.9 Å². The van der Waals surface area contributed by atoms with E-state index in [1.165, 1.54) is 23.5 Å². The molecule has 0 aliphatic carbocycles.